The Morgan fingerprint density at radius 1 is 1.21 bits per heavy atom. The Hall–Kier alpha value is -2.17. The van der Waals surface area contributed by atoms with Crippen LogP contribution < -0.4 is 9.88 Å². The number of nitrogens with zero attached hydrogens (tertiary/aromatic N) is 4. The predicted octanol–water partition coefficient (Wildman–Crippen LogP) is 3.09. The van der Waals surface area contributed by atoms with Gasteiger partial charge in [-0.1, -0.05) is 17.2 Å². The van der Waals surface area contributed by atoms with Gasteiger partial charge in [-0.15, -0.1) is 0 Å². The molecule has 5 nitrogen and oxygen atoms in total. The van der Waals surface area contributed by atoms with E-state index >= 15 is 0 Å². The molecule has 5 heteroatoms. The van der Waals surface area contributed by atoms with Gasteiger partial charge in [0.1, 0.15) is 5.69 Å². The van der Waals surface area contributed by atoms with Crippen molar-refractivity contribution in [2.75, 3.05) is 5.32 Å². The number of nitrogens with one attached hydrogen (secondary N) is 1. The number of hydrogen-bond donors (Lipinski definition) is 1. The Kier molecular flexibility index (Phi) is 3.94. The van der Waals surface area contributed by atoms with E-state index in [1.807, 2.05) is 59.9 Å². The Balaban J connectivity index is 2.28. The molecular weight excluding hydrogens is 238 g/mol. The highest BCUT2D eigenvalue weighted by molar-refractivity contribution is 5.65. The second-order valence-electron chi connectivity index (χ2n) is 4.84. The van der Waals surface area contributed by atoms with Crippen LogP contribution in [0.1, 0.15) is 13.8 Å². The largest absolute Gasteiger partial charge is 0.421 e. The average molecular weight is 258 g/mol. The Morgan fingerprint density at radius 3 is 2.58 bits per heavy atom. The standard InChI is InChI=1S/C14H19N5/c1-11(2)15-12-7-5-6-8-13(12)16-17-14-18(3)9-10-19(14)4/h5-11H,1-4H3/p+1. The molecule has 1 aromatic heterocycles. The summed E-state index contributed by atoms with van der Waals surface area (Å²) in [5, 5.41) is 12.0. The molecule has 1 N–H and O–H groups in total. The molecule has 2 rings (SSSR count). The van der Waals surface area contributed by atoms with E-state index in [1.54, 1.807) is 0 Å². The number of para-hydroxylation sites is 1. The second kappa shape index (κ2) is 5.65. The molecule has 19 heavy (non-hydrogen) atoms. The highest BCUT2D eigenvalue weighted by atomic mass is 15.3. The average Bonchev–Trinajstić information content (AvgIpc) is 2.68. The summed E-state index contributed by atoms with van der Waals surface area (Å²) in [6, 6.07) is 8.29. The molecule has 100 valence electrons. The van der Waals surface area contributed by atoms with Crippen LogP contribution >= 0.6 is 0 Å². The van der Waals surface area contributed by atoms with Crippen LogP contribution in [0.2, 0.25) is 0 Å². The molecule has 0 atom stereocenters. The lowest BCUT2D eigenvalue weighted by Crippen LogP contribution is -2.25. The van der Waals surface area contributed by atoms with Crippen LogP contribution in [0.15, 0.2) is 46.9 Å². The topological polar surface area (TPSA) is 45.6 Å². The van der Waals surface area contributed by atoms with Gasteiger partial charge in [0.15, 0.2) is 0 Å². The zero-order valence-electron chi connectivity index (χ0n) is 11.8. The van der Waals surface area contributed by atoms with Crippen molar-refractivity contribution in [3.05, 3.63) is 36.7 Å². The molecule has 0 saturated heterocycles. The van der Waals surface area contributed by atoms with Crippen molar-refractivity contribution in [1.29, 1.82) is 0 Å². The van der Waals surface area contributed by atoms with Crippen molar-refractivity contribution < 1.29 is 4.57 Å². The SMILES string of the molecule is CC(C)Nc1ccccc1N=Nc1n(C)cc[n+]1C. The number of imidazole rings is 1. The Morgan fingerprint density at radius 2 is 1.95 bits per heavy atom. The first kappa shape index (κ1) is 13.3. The molecule has 0 aliphatic carbocycles. The van der Waals surface area contributed by atoms with E-state index in [0.717, 1.165) is 17.3 Å². The minimum atomic E-state index is 0.363. The van der Waals surface area contributed by atoms with Gasteiger partial charge in [-0.3, -0.25) is 0 Å². The van der Waals surface area contributed by atoms with Crippen LogP contribution in [-0.4, -0.2) is 10.6 Å². The molecule has 1 heterocycles. The van der Waals surface area contributed by atoms with Gasteiger partial charge in [0.2, 0.25) is 0 Å². The third-order valence-electron chi connectivity index (χ3n) is 2.74. The number of aromatic nitrogens is 2. The summed E-state index contributed by atoms with van der Waals surface area (Å²) in [5.74, 6) is 0.805. The van der Waals surface area contributed by atoms with E-state index in [2.05, 4.69) is 29.4 Å². The summed E-state index contributed by atoms with van der Waals surface area (Å²) >= 11 is 0. The first-order valence-electron chi connectivity index (χ1n) is 6.36. The van der Waals surface area contributed by atoms with Crippen LogP contribution in [0.3, 0.4) is 0 Å². The van der Waals surface area contributed by atoms with E-state index < -0.39 is 0 Å². The van der Waals surface area contributed by atoms with Crippen LogP contribution in [0, 0.1) is 0 Å². The fourth-order valence-corrected chi connectivity index (χ4v) is 1.82. The third-order valence-corrected chi connectivity index (χ3v) is 2.74. The van der Waals surface area contributed by atoms with Crippen molar-refractivity contribution in [3.63, 3.8) is 0 Å². The fourth-order valence-electron chi connectivity index (χ4n) is 1.82. The fraction of sp³-hybridized carbons (Fsp3) is 0.357. The van der Waals surface area contributed by atoms with Gasteiger partial charge in [-0.25, -0.2) is 9.13 Å². The monoisotopic (exact) mass is 258 g/mol. The number of azo groups is 1. The van der Waals surface area contributed by atoms with Crippen molar-refractivity contribution in [3.8, 4) is 0 Å². The lowest BCUT2D eigenvalue weighted by atomic mass is 10.2. The molecule has 0 saturated carbocycles. The summed E-state index contributed by atoms with van der Waals surface area (Å²) < 4.78 is 3.87. The van der Waals surface area contributed by atoms with Gasteiger partial charge < -0.3 is 5.32 Å². The molecule has 0 radical (unpaired) electrons. The zero-order valence-corrected chi connectivity index (χ0v) is 11.8. The van der Waals surface area contributed by atoms with E-state index in [1.165, 1.54) is 0 Å². The van der Waals surface area contributed by atoms with Gasteiger partial charge in [0.05, 0.1) is 32.2 Å². The number of aryl methyl sites for hydroxylation is 2. The smallest absolute Gasteiger partial charge is 0.381 e. The minimum Gasteiger partial charge on any atom is -0.381 e. The molecule has 0 fully saturated rings. The first-order valence-corrected chi connectivity index (χ1v) is 6.36. The van der Waals surface area contributed by atoms with Gasteiger partial charge in [-0.2, -0.15) is 0 Å². The Labute approximate surface area is 113 Å². The van der Waals surface area contributed by atoms with Crippen LogP contribution in [0.25, 0.3) is 0 Å². The van der Waals surface area contributed by atoms with E-state index in [4.69, 9.17) is 0 Å². The lowest BCUT2D eigenvalue weighted by molar-refractivity contribution is -0.657. The van der Waals surface area contributed by atoms with Crippen molar-refractivity contribution in [1.82, 2.24) is 4.57 Å². The zero-order chi connectivity index (χ0) is 13.8. The maximum atomic E-state index is 4.34. The summed E-state index contributed by atoms with van der Waals surface area (Å²) in [6.07, 6.45) is 3.90. The lowest BCUT2D eigenvalue weighted by Gasteiger charge is -2.10. The first-order chi connectivity index (χ1) is 9.08. The maximum absolute atomic E-state index is 4.34. The molecule has 0 amide bonds. The van der Waals surface area contributed by atoms with Crippen LogP contribution in [0.4, 0.5) is 17.3 Å². The normalized spacial score (nSPS) is 11.4. The quantitative estimate of drug-likeness (QED) is 0.664. The maximum Gasteiger partial charge on any atom is 0.421 e. The highest BCUT2D eigenvalue weighted by Gasteiger charge is 2.11. The summed E-state index contributed by atoms with van der Waals surface area (Å²) in [6.45, 7) is 4.20. The predicted molar refractivity (Wildman–Crippen MR) is 76.0 cm³/mol. The van der Waals surface area contributed by atoms with Gasteiger partial charge in [0.25, 0.3) is 0 Å². The van der Waals surface area contributed by atoms with E-state index in [9.17, 15) is 0 Å². The molecule has 0 unspecified atom stereocenters. The van der Waals surface area contributed by atoms with Gasteiger partial charge >= 0.3 is 5.95 Å². The van der Waals surface area contributed by atoms with Crippen molar-refractivity contribution in [2.24, 2.45) is 24.3 Å². The Bertz CT molecular complexity index is 564. The number of hydrogen-bond acceptors (Lipinski definition) is 3. The number of benzene rings is 1. The third kappa shape index (κ3) is 3.19. The highest BCUT2D eigenvalue weighted by Crippen LogP contribution is 2.26. The molecule has 0 spiro atoms. The molecule has 0 aliphatic rings. The van der Waals surface area contributed by atoms with Crippen molar-refractivity contribution >= 4 is 17.3 Å². The molecule has 2 aromatic rings. The molecular formula is C14H20N5+. The van der Waals surface area contributed by atoms with Crippen molar-refractivity contribution in [2.45, 2.75) is 19.9 Å². The molecule has 0 aliphatic heterocycles. The molecule has 0 bridgehead atoms. The van der Waals surface area contributed by atoms with Crippen LogP contribution in [0.5, 0.6) is 0 Å². The van der Waals surface area contributed by atoms with E-state index in [0.29, 0.717) is 6.04 Å². The van der Waals surface area contributed by atoms with Gasteiger partial charge in [0, 0.05) is 11.2 Å². The molecule has 1 aromatic carbocycles. The number of anilines is 1. The summed E-state index contributed by atoms with van der Waals surface area (Å²) in [5.41, 5.74) is 1.84. The second-order valence-corrected chi connectivity index (χ2v) is 4.84. The minimum absolute atomic E-state index is 0.363. The summed E-state index contributed by atoms with van der Waals surface area (Å²) in [4.78, 5) is 0. The van der Waals surface area contributed by atoms with E-state index in [-0.39, 0.29) is 0 Å². The number of rotatable bonds is 4. The summed E-state index contributed by atoms with van der Waals surface area (Å²) in [7, 11) is 3.90. The van der Waals surface area contributed by atoms with Gasteiger partial charge in [-0.05, 0) is 26.0 Å². The van der Waals surface area contributed by atoms with Crippen LogP contribution in [-0.2, 0) is 14.1 Å².